The lowest BCUT2D eigenvalue weighted by molar-refractivity contribution is 0.383. The van der Waals surface area contributed by atoms with Crippen molar-refractivity contribution in [2.24, 2.45) is 0 Å². The molecule has 0 unspecified atom stereocenters. The highest BCUT2D eigenvalue weighted by Gasteiger charge is 2.18. The summed E-state index contributed by atoms with van der Waals surface area (Å²) in [6.07, 6.45) is 0. The van der Waals surface area contributed by atoms with Gasteiger partial charge in [0.05, 0.1) is 14.2 Å². The summed E-state index contributed by atoms with van der Waals surface area (Å²) in [5.74, 6) is 17.2. The minimum Gasteiger partial charge on any atom is -0.497 e. The van der Waals surface area contributed by atoms with E-state index in [2.05, 4.69) is 62.4 Å². The summed E-state index contributed by atoms with van der Waals surface area (Å²) in [7, 11) is 3.34. The van der Waals surface area contributed by atoms with Gasteiger partial charge in [0.25, 0.3) is 0 Å². The monoisotopic (exact) mass is 332 g/mol. The van der Waals surface area contributed by atoms with E-state index in [-0.39, 0.29) is 16.4 Å². The fraction of sp³-hybridized carbons (Fsp3) is 0.400. The first-order valence-corrected chi connectivity index (χ1v) is 6.96. The third kappa shape index (κ3) is 10.2. The molecule has 0 saturated heterocycles. The molecule has 4 N–H and O–H groups in total. The van der Waals surface area contributed by atoms with Crippen molar-refractivity contribution < 1.29 is 20.4 Å². The highest BCUT2D eigenvalue weighted by Crippen LogP contribution is 2.33. The largest absolute Gasteiger partial charge is 0.497 e. The zero-order valence-electron chi connectivity index (χ0n) is 15.5. The first-order chi connectivity index (χ1) is 10.4. The van der Waals surface area contributed by atoms with Gasteiger partial charge < -0.3 is 20.4 Å². The highest BCUT2D eigenvalue weighted by atomic mass is 16.5. The van der Waals surface area contributed by atoms with Crippen LogP contribution >= 0.6 is 0 Å². The number of ether oxygens (including phenoxy) is 2. The van der Waals surface area contributed by atoms with E-state index < -0.39 is 0 Å². The number of hydrogen-bond acceptors (Lipinski definition) is 2. The predicted molar refractivity (Wildman–Crippen MR) is 100 cm³/mol. The minimum absolute atomic E-state index is 0. The van der Waals surface area contributed by atoms with Gasteiger partial charge in [0.1, 0.15) is 11.5 Å². The van der Waals surface area contributed by atoms with Gasteiger partial charge in [0.15, 0.2) is 0 Å². The van der Waals surface area contributed by atoms with E-state index in [0.717, 1.165) is 11.5 Å². The van der Waals surface area contributed by atoms with Crippen LogP contribution in [0.1, 0.15) is 40.2 Å². The predicted octanol–water partition coefficient (Wildman–Crippen LogP) is 2.39. The minimum atomic E-state index is 0. The maximum atomic E-state index is 5.33. The van der Waals surface area contributed by atoms with Gasteiger partial charge in [0.2, 0.25) is 0 Å². The summed E-state index contributed by atoms with van der Waals surface area (Å²) in [4.78, 5) is 0. The van der Waals surface area contributed by atoms with Crippen LogP contribution in [0.5, 0.6) is 11.5 Å². The number of benzene rings is 1. The van der Waals surface area contributed by atoms with Gasteiger partial charge in [-0.3, -0.25) is 0 Å². The van der Waals surface area contributed by atoms with Crippen molar-refractivity contribution >= 4 is 0 Å². The third-order valence-electron chi connectivity index (χ3n) is 2.65. The van der Waals surface area contributed by atoms with E-state index in [1.165, 1.54) is 5.56 Å². The number of methoxy groups -OCH3 is 2. The molecule has 0 aliphatic heterocycles. The first kappa shape index (κ1) is 26.3. The summed E-state index contributed by atoms with van der Waals surface area (Å²) >= 11 is 0. The van der Waals surface area contributed by atoms with Crippen molar-refractivity contribution in [1.29, 1.82) is 0 Å². The Kier molecular flexibility index (Phi) is 15.4. The smallest absolute Gasteiger partial charge is 0.126 e. The van der Waals surface area contributed by atoms with Crippen LogP contribution in [0.3, 0.4) is 0 Å². The van der Waals surface area contributed by atoms with Gasteiger partial charge in [-0.2, -0.15) is 0 Å². The molecule has 0 heterocycles. The second-order valence-electron chi connectivity index (χ2n) is 5.32. The Labute approximate surface area is 146 Å². The van der Waals surface area contributed by atoms with Crippen LogP contribution in [0.15, 0.2) is 18.2 Å². The molecular formula is C20H28O4. The fourth-order valence-electron chi connectivity index (χ4n) is 1.61. The second kappa shape index (κ2) is 14.0. The van der Waals surface area contributed by atoms with E-state index in [1.54, 1.807) is 28.1 Å². The van der Waals surface area contributed by atoms with Gasteiger partial charge in [0, 0.05) is 6.07 Å². The Bertz CT molecular complexity index is 627. The molecule has 4 heteroatoms. The van der Waals surface area contributed by atoms with E-state index >= 15 is 0 Å². The van der Waals surface area contributed by atoms with Crippen LogP contribution in [-0.4, -0.2) is 25.2 Å². The van der Waals surface area contributed by atoms with Crippen molar-refractivity contribution in [3.05, 3.63) is 23.8 Å². The highest BCUT2D eigenvalue weighted by molar-refractivity contribution is 5.44. The van der Waals surface area contributed by atoms with Crippen LogP contribution in [0.4, 0.5) is 0 Å². The van der Waals surface area contributed by atoms with E-state index in [9.17, 15) is 0 Å². The molecule has 0 aliphatic carbocycles. The Morgan fingerprint density at radius 1 is 0.792 bits per heavy atom. The van der Waals surface area contributed by atoms with Crippen LogP contribution in [-0.2, 0) is 5.41 Å². The number of hydrogen-bond donors (Lipinski definition) is 0. The molecule has 0 radical (unpaired) electrons. The molecule has 0 bridgehead atoms. The third-order valence-corrected chi connectivity index (χ3v) is 2.65. The van der Waals surface area contributed by atoms with Gasteiger partial charge in [-0.1, -0.05) is 38.7 Å². The van der Waals surface area contributed by atoms with Crippen LogP contribution in [0, 0.1) is 35.5 Å². The Morgan fingerprint density at radius 2 is 1.29 bits per heavy atom. The lowest BCUT2D eigenvalue weighted by atomic mass is 9.86. The average molecular weight is 332 g/mol. The Balaban J connectivity index is -0.000000386. The molecule has 0 aliphatic rings. The second-order valence-corrected chi connectivity index (χ2v) is 5.32. The Hall–Kier alpha value is -2.58. The van der Waals surface area contributed by atoms with Gasteiger partial charge in [-0.15, -0.1) is 0 Å². The quantitative estimate of drug-likeness (QED) is 0.779. The maximum Gasteiger partial charge on any atom is 0.126 e. The maximum absolute atomic E-state index is 5.33. The van der Waals surface area contributed by atoms with Gasteiger partial charge >= 0.3 is 0 Å². The molecule has 1 aromatic carbocycles. The van der Waals surface area contributed by atoms with Crippen LogP contribution in [0.2, 0.25) is 0 Å². The van der Waals surface area contributed by atoms with Gasteiger partial charge in [-0.25, -0.2) is 0 Å². The average Bonchev–Trinajstić information content (AvgIpc) is 2.50. The SMILES string of the molecule is CC#CC#CC#CC.COc1ccc(C(C)(C)C)c(OC)c1.O.O. The topological polar surface area (TPSA) is 81.5 Å². The molecule has 132 valence electrons. The zero-order chi connectivity index (χ0) is 17.0. The standard InChI is InChI=1S/C12H18O2.C8H6.2H2O/c1-12(2,3)10-7-6-9(13-4)8-11(10)14-5;1-3-5-7-8-6-4-2;;/h6-8H,1-5H3;1-2H3;2*1H2. The van der Waals surface area contributed by atoms with E-state index in [1.807, 2.05) is 12.1 Å². The molecule has 0 spiro atoms. The summed E-state index contributed by atoms with van der Waals surface area (Å²) in [6.45, 7) is 9.98. The summed E-state index contributed by atoms with van der Waals surface area (Å²) in [5, 5.41) is 0. The molecule has 0 atom stereocenters. The molecule has 0 aromatic heterocycles. The molecule has 0 amide bonds. The molecule has 0 saturated carbocycles. The molecule has 0 fully saturated rings. The fourth-order valence-corrected chi connectivity index (χ4v) is 1.61. The molecular weight excluding hydrogens is 304 g/mol. The lowest BCUT2D eigenvalue weighted by Crippen LogP contribution is -2.12. The summed E-state index contributed by atoms with van der Waals surface area (Å²) in [5.41, 5.74) is 1.29. The van der Waals surface area contributed by atoms with Crippen LogP contribution in [0.25, 0.3) is 0 Å². The number of rotatable bonds is 2. The van der Waals surface area contributed by atoms with Crippen LogP contribution < -0.4 is 9.47 Å². The molecule has 1 aromatic rings. The lowest BCUT2D eigenvalue weighted by Gasteiger charge is -2.22. The van der Waals surface area contributed by atoms with Crippen molar-refractivity contribution in [3.63, 3.8) is 0 Å². The van der Waals surface area contributed by atoms with Crippen molar-refractivity contribution in [2.75, 3.05) is 14.2 Å². The van der Waals surface area contributed by atoms with E-state index in [4.69, 9.17) is 9.47 Å². The van der Waals surface area contributed by atoms with Crippen molar-refractivity contribution in [1.82, 2.24) is 0 Å². The van der Waals surface area contributed by atoms with E-state index in [0.29, 0.717) is 0 Å². The normalized spacial score (nSPS) is 7.79. The molecule has 1 rings (SSSR count). The Morgan fingerprint density at radius 3 is 1.62 bits per heavy atom. The molecule has 24 heavy (non-hydrogen) atoms. The van der Waals surface area contributed by atoms with Crippen molar-refractivity contribution in [3.8, 4) is 47.0 Å². The molecule has 4 nitrogen and oxygen atoms in total. The zero-order valence-corrected chi connectivity index (χ0v) is 15.5. The summed E-state index contributed by atoms with van der Waals surface area (Å²) in [6, 6.07) is 5.93. The van der Waals surface area contributed by atoms with Crippen molar-refractivity contribution in [2.45, 2.75) is 40.0 Å². The first-order valence-electron chi connectivity index (χ1n) is 6.96. The van der Waals surface area contributed by atoms with Gasteiger partial charge in [-0.05, 0) is 54.6 Å². The summed E-state index contributed by atoms with van der Waals surface area (Å²) < 4.78 is 10.5.